The van der Waals surface area contributed by atoms with Crippen LogP contribution in [0.4, 0.5) is 5.82 Å². The highest BCUT2D eigenvalue weighted by Gasteiger charge is 2.24. The number of anilines is 1. The van der Waals surface area contributed by atoms with Crippen LogP contribution in [0.25, 0.3) is 11.0 Å². The average Bonchev–Trinajstić information content (AvgIpc) is 3.20. The summed E-state index contributed by atoms with van der Waals surface area (Å²) in [4.78, 5) is 12.1. The van der Waals surface area contributed by atoms with Crippen LogP contribution in [0, 0.1) is 5.92 Å². The van der Waals surface area contributed by atoms with Gasteiger partial charge in [0.2, 0.25) is 0 Å². The average molecular weight is 308 g/mol. The Morgan fingerprint density at radius 1 is 1.24 bits per heavy atom. The Kier molecular flexibility index (Phi) is 4.31. The van der Waals surface area contributed by atoms with Crippen molar-refractivity contribution in [1.29, 1.82) is 0 Å². The van der Waals surface area contributed by atoms with Gasteiger partial charge in [-0.2, -0.15) is 0 Å². The Bertz CT molecular complexity index is 601. The van der Waals surface area contributed by atoms with Gasteiger partial charge in [0.1, 0.15) is 17.8 Å². The van der Waals surface area contributed by atoms with Gasteiger partial charge in [0.15, 0.2) is 0 Å². The van der Waals surface area contributed by atoms with Crippen LogP contribution < -0.4 is 10.6 Å². The molecule has 114 valence electrons. The summed E-state index contributed by atoms with van der Waals surface area (Å²) < 4.78 is 0. The van der Waals surface area contributed by atoms with Gasteiger partial charge >= 0.3 is 0 Å². The number of nitrogens with one attached hydrogen (secondary N) is 3. The van der Waals surface area contributed by atoms with Crippen molar-refractivity contribution in [1.82, 2.24) is 20.3 Å². The summed E-state index contributed by atoms with van der Waals surface area (Å²) in [7, 11) is 0. The molecule has 3 N–H and O–H groups in total. The van der Waals surface area contributed by atoms with E-state index in [1.165, 1.54) is 36.6 Å². The number of rotatable bonds is 4. The standard InChI is InChI=1S/C15H21N5.ClH/c1-2-12(8-16-5-1)20-15-13-11(6-10-3-4-10)7-17-14(13)18-9-19-15;/h7,9-10,12,16H,1-6,8H2,(H2,17,18,19,20);1H/t12-;/m1./s1. The van der Waals surface area contributed by atoms with E-state index in [2.05, 4.69) is 31.8 Å². The third kappa shape index (κ3) is 3.14. The summed E-state index contributed by atoms with van der Waals surface area (Å²) >= 11 is 0. The SMILES string of the molecule is Cl.c1nc(N[C@@H]2CCCNC2)c2c(CC3CC3)c[nH]c2n1. The van der Waals surface area contributed by atoms with E-state index in [1.54, 1.807) is 6.33 Å². The molecule has 0 bridgehead atoms. The number of piperidine rings is 1. The molecule has 0 amide bonds. The van der Waals surface area contributed by atoms with E-state index >= 15 is 0 Å². The van der Waals surface area contributed by atoms with Crippen LogP contribution in [0.15, 0.2) is 12.5 Å². The third-order valence-electron chi connectivity index (χ3n) is 4.39. The summed E-state index contributed by atoms with van der Waals surface area (Å²) in [5.41, 5.74) is 2.33. The van der Waals surface area contributed by atoms with Crippen molar-refractivity contribution in [3.63, 3.8) is 0 Å². The van der Waals surface area contributed by atoms with Crippen LogP contribution in [0.1, 0.15) is 31.2 Å². The van der Waals surface area contributed by atoms with Crippen molar-refractivity contribution in [2.45, 2.75) is 38.1 Å². The predicted octanol–water partition coefficient (Wildman–Crippen LogP) is 2.50. The van der Waals surface area contributed by atoms with E-state index in [0.717, 1.165) is 36.9 Å². The van der Waals surface area contributed by atoms with Gasteiger partial charge in [-0.25, -0.2) is 9.97 Å². The van der Waals surface area contributed by atoms with E-state index < -0.39 is 0 Å². The van der Waals surface area contributed by atoms with Crippen molar-refractivity contribution >= 4 is 29.3 Å². The van der Waals surface area contributed by atoms with Crippen LogP contribution in [-0.2, 0) is 6.42 Å². The molecule has 0 spiro atoms. The maximum atomic E-state index is 4.49. The Balaban J connectivity index is 0.00000132. The number of nitrogens with zero attached hydrogens (tertiary/aromatic N) is 2. The number of halogens is 1. The second-order valence-corrected chi connectivity index (χ2v) is 6.09. The Morgan fingerprint density at radius 2 is 2.14 bits per heavy atom. The van der Waals surface area contributed by atoms with Gasteiger partial charge in [0.25, 0.3) is 0 Å². The maximum Gasteiger partial charge on any atom is 0.143 e. The fraction of sp³-hybridized carbons (Fsp3) is 0.600. The molecule has 3 heterocycles. The molecule has 4 rings (SSSR count). The molecule has 21 heavy (non-hydrogen) atoms. The summed E-state index contributed by atoms with van der Waals surface area (Å²) in [6.07, 6.45) is 10.1. The van der Waals surface area contributed by atoms with Crippen molar-refractivity contribution < 1.29 is 0 Å². The van der Waals surface area contributed by atoms with E-state index in [9.17, 15) is 0 Å². The first kappa shape index (κ1) is 14.6. The molecule has 2 aromatic rings. The number of fused-ring (bicyclic) bond motifs is 1. The summed E-state index contributed by atoms with van der Waals surface area (Å²) in [6.45, 7) is 2.16. The Hall–Kier alpha value is -1.33. The van der Waals surface area contributed by atoms with Crippen molar-refractivity contribution in [3.8, 4) is 0 Å². The fourth-order valence-corrected chi connectivity index (χ4v) is 3.10. The lowest BCUT2D eigenvalue weighted by atomic mass is 10.1. The zero-order valence-corrected chi connectivity index (χ0v) is 12.9. The first-order chi connectivity index (χ1) is 9.90. The number of hydrogen-bond donors (Lipinski definition) is 3. The van der Waals surface area contributed by atoms with E-state index in [-0.39, 0.29) is 12.4 Å². The first-order valence-electron chi connectivity index (χ1n) is 7.68. The number of H-pyrrole nitrogens is 1. The molecule has 0 radical (unpaired) electrons. The van der Waals surface area contributed by atoms with Gasteiger partial charge in [0.05, 0.1) is 5.39 Å². The lowest BCUT2D eigenvalue weighted by Gasteiger charge is -2.24. The van der Waals surface area contributed by atoms with Crippen LogP contribution >= 0.6 is 12.4 Å². The molecule has 5 nitrogen and oxygen atoms in total. The molecule has 2 aromatic heterocycles. The highest BCUT2D eigenvalue weighted by molar-refractivity contribution is 5.90. The zero-order chi connectivity index (χ0) is 13.4. The van der Waals surface area contributed by atoms with Gasteiger partial charge in [-0.15, -0.1) is 12.4 Å². The van der Waals surface area contributed by atoms with E-state index in [4.69, 9.17) is 0 Å². The van der Waals surface area contributed by atoms with Crippen molar-refractivity contribution in [2.75, 3.05) is 18.4 Å². The second-order valence-electron chi connectivity index (χ2n) is 6.09. The smallest absolute Gasteiger partial charge is 0.143 e. The molecule has 2 fully saturated rings. The summed E-state index contributed by atoms with van der Waals surface area (Å²) in [6, 6.07) is 0.477. The molecule has 2 aliphatic rings. The third-order valence-corrected chi connectivity index (χ3v) is 4.39. The lowest BCUT2D eigenvalue weighted by Crippen LogP contribution is -2.38. The van der Waals surface area contributed by atoms with Crippen LogP contribution in [0.5, 0.6) is 0 Å². The van der Waals surface area contributed by atoms with Crippen molar-refractivity contribution in [3.05, 3.63) is 18.1 Å². The molecule has 0 aromatic carbocycles. The number of aromatic nitrogens is 3. The van der Waals surface area contributed by atoms with Gasteiger partial charge in [-0.05, 0) is 50.1 Å². The second kappa shape index (κ2) is 6.20. The van der Waals surface area contributed by atoms with Crippen molar-refractivity contribution in [2.24, 2.45) is 5.92 Å². The van der Waals surface area contributed by atoms with Gasteiger partial charge in [-0.1, -0.05) is 0 Å². The van der Waals surface area contributed by atoms with Gasteiger partial charge in [-0.3, -0.25) is 0 Å². The number of aromatic amines is 1. The predicted molar refractivity (Wildman–Crippen MR) is 87.1 cm³/mol. The quantitative estimate of drug-likeness (QED) is 0.812. The molecule has 1 saturated heterocycles. The van der Waals surface area contributed by atoms with E-state index in [1.807, 2.05) is 0 Å². The maximum absolute atomic E-state index is 4.49. The molecule has 0 unspecified atom stereocenters. The Morgan fingerprint density at radius 3 is 2.90 bits per heavy atom. The van der Waals surface area contributed by atoms with Gasteiger partial charge in [0, 0.05) is 18.8 Å². The van der Waals surface area contributed by atoms with Gasteiger partial charge < -0.3 is 15.6 Å². The highest BCUT2D eigenvalue weighted by atomic mass is 35.5. The molecule has 1 atom stereocenters. The largest absolute Gasteiger partial charge is 0.365 e. The van der Waals surface area contributed by atoms with Crippen LogP contribution in [0.2, 0.25) is 0 Å². The van der Waals surface area contributed by atoms with Crippen LogP contribution in [-0.4, -0.2) is 34.1 Å². The lowest BCUT2D eigenvalue weighted by molar-refractivity contribution is 0.479. The molecule has 1 aliphatic heterocycles. The topological polar surface area (TPSA) is 65.6 Å². The van der Waals surface area contributed by atoms with E-state index in [0.29, 0.717) is 6.04 Å². The molecular weight excluding hydrogens is 286 g/mol. The zero-order valence-electron chi connectivity index (χ0n) is 12.1. The first-order valence-corrected chi connectivity index (χ1v) is 7.68. The number of hydrogen-bond acceptors (Lipinski definition) is 4. The molecule has 1 saturated carbocycles. The van der Waals surface area contributed by atoms with Crippen LogP contribution in [0.3, 0.4) is 0 Å². The normalized spacial score (nSPS) is 22.0. The Labute approximate surface area is 130 Å². The summed E-state index contributed by atoms with van der Waals surface area (Å²) in [5, 5.41) is 8.25. The minimum atomic E-state index is 0. The summed E-state index contributed by atoms with van der Waals surface area (Å²) in [5.74, 6) is 1.87. The molecular formula is C15H22ClN5. The molecule has 6 heteroatoms. The fourth-order valence-electron chi connectivity index (χ4n) is 3.10. The minimum absolute atomic E-state index is 0. The highest BCUT2D eigenvalue weighted by Crippen LogP contribution is 2.35. The molecule has 1 aliphatic carbocycles. The monoisotopic (exact) mass is 307 g/mol. The minimum Gasteiger partial charge on any atom is -0.365 e.